The highest BCUT2D eigenvalue weighted by molar-refractivity contribution is 5.92. The molecule has 0 radical (unpaired) electrons. The number of nitrogens with one attached hydrogen (secondary N) is 3. The van der Waals surface area contributed by atoms with Gasteiger partial charge in [-0.25, -0.2) is 0 Å². The Balaban J connectivity index is 1.86. The van der Waals surface area contributed by atoms with Crippen LogP contribution in [0.2, 0.25) is 0 Å². The summed E-state index contributed by atoms with van der Waals surface area (Å²) < 4.78 is 0. The molecular formula is C17H25N3O2. The topological polar surface area (TPSA) is 70.2 Å². The molecule has 1 aliphatic rings. The van der Waals surface area contributed by atoms with Crippen LogP contribution >= 0.6 is 0 Å². The number of benzene rings is 1. The highest BCUT2D eigenvalue weighted by atomic mass is 16.2. The first-order valence-electron chi connectivity index (χ1n) is 7.79. The lowest BCUT2D eigenvalue weighted by Gasteiger charge is -2.21. The van der Waals surface area contributed by atoms with Gasteiger partial charge in [-0.3, -0.25) is 9.59 Å². The quantitative estimate of drug-likeness (QED) is 0.778. The Morgan fingerprint density at radius 2 is 1.95 bits per heavy atom. The number of anilines is 1. The molecule has 1 atom stereocenters. The van der Waals surface area contributed by atoms with Crippen molar-refractivity contribution in [2.24, 2.45) is 11.3 Å². The molecular weight excluding hydrogens is 278 g/mol. The standard InChI is InChI=1S/C17H25N3O2/c1-12(2)15(21)20-14-6-4-13(5-7-14)10-19-16(22)17(3)8-9-18-11-17/h4-7,12,18H,8-11H2,1-3H3,(H,19,22)(H,20,21). The maximum Gasteiger partial charge on any atom is 0.227 e. The first kappa shape index (κ1) is 16.5. The molecule has 1 unspecified atom stereocenters. The lowest BCUT2D eigenvalue weighted by Crippen LogP contribution is -2.40. The van der Waals surface area contributed by atoms with Crippen molar-refractivity contribution in [1.82, 2.24) is 10.6 Å². The van der Waals surface area contributed by atoms with E-state index in [0.29, 0.717) is 6.54 Å². The zero-order chi connectivity index (χ0) is 16.2. The molecule has 1 heterocycles. The summed E-state index contributed by atoms with van der Waals surface area (Å²) in [5.41, 5.74) is 1.50. The zero-order valence-electron chi connectivity index (χ0n) is 13.5. The van der Waals surface area contributed by atoms with Gasteiger partial charge in [-0.15, -0.1) is 0 Å². The summed E-state index contributed by atoms with van der Waals surface area (Å²) in [6.07, 6.45) is 0.874. The Morgan fingerprint density at radius 3 is 2.50 bits per heavy atom. The smallest absolute Gasteiger partial charge is 0.227 e. The van der Waals surface area contributed by atoms with Gasteiger partial charge in [0.25, 0.3) is 0 Å². The molecule has 0 saturated carbocycles. The van der Waals surface area contributed by atoms with E-state index in [0.717, 1.165) is 30.8 Å². The van der Waals surface area contributed by atoms with E-state index in [2.05, 4.69) is 16.0 Å². The van der Waals surface area contributed by atoms with Crippen LogP contribution < -0.4 is 16.0 Å². The number of carbonyl (C=O) groups excluding carboxylic acids is 2. The minimum atomic E-state index is -0.300. The summed E-state index contributed by atoms with van der Waals surface area (Å²) in [4.78, 5) is 23.8. The fraction of sp³-hybridized carbons (Fsp3) is 0.529. The molecule has 0 bridgehead atoms. The summed E-state index contributed by atoms with van der Waals surface area (Å²) >= 11 is 0. The van der Waals surface area contributed by atoms with Crippen LogP contribution in [0.4, 0.5) is 5.69 Å². The van der Waals surface area contributed by atoms with Crippen LogP contribution in [-0.4, -0.2) is 24.9 Å². The lowest BCUT2D eigenvalue weighted by atomic mass is 9.89. The summed E-state index contributed by atoms with van der Waals surface area (Å²) in [5, 5.41) is 9.07. The number of hydrogen-bond donors (Lipinski definition) is 3. The largest absolute Gasteiger partial charge is 0.352 e. The molecule has 2 amide bonds. The molecule has 22 heavy (non-hydrogen) atoms. The molecule has 0 aromatic heterocycles. The van der Waals surface area contributed by atoms with E-state index in [1.807, 2.05) is 45.0 Å². The molecule has 1 fully saturated rings. The van der Waals surface area contributed by atoms with Crippen molar-refractivity contribution in [2.45, 2.75) is 33.7 Å². The van der Waals surface area contributed by atoms with Crippen LogP contribution in [-0.2, 0) is 16.1 Å². The molecule has 1 aromatic rings. The lowest BCUT2D eigenvalue weighted by molar-refractivity contribution is -0.129. The summed E-state index contributed by atoms with van der Waals surface area (Å²) in [6.45, 7) is 7.85. The predicted octanol–water partition coefficient (Wildman–Crippen LogP) is 1.90. The molecule has 1 aliphatic heterocycles. The van der Waals surface area contributed by atoms with Crippen LogP contribution in [0.1, 0.15) is 32.8 Å². The molecule has 0 aliphatic carbocycles. The zero-order valence-corrected chi connectivity index (χ0v) is 13.5. The maximum absolute atomic E-state index is 12.2. The van der Waals surface area contributed by atoms with E-state index in [-0.39, 0.29) is 23.1 Å². The van der Waals surface area contributed by atoms with E-state index >= 15 is 0 Å². The van der Waals surface area contributed by atoms with Crippen molar-refractivity contribution in [1.29, 1.82) is 0 Å². The third-order valence-corrected chi connectivity index (χ3v) is 4.12. The van der Waals surface area contributed by atoms with Crippen molar-refractivity contribution in [2.75, 3.05) is 18.4 Å². The highest BCUT2D eigenvalue weighted by Gasteiger charge is 2.35. The number of rotatable bonds is 5. The maximum atomic E-state index is 12.2. The third kappa shape index (κ3) is 4.07. The number of amides is 2. The number of carbonyl (C=O) groups is 2. The van der Waals surface area contributed by atoms with Gasteiger partial charge in [0.1, 0.15) is 0 Å². The Labute approximate surface area is 131 Å². The van der Waals surface area contributed by atoms with Gasteiger partial charge in [-0.2, -0.15) is 0 Å². The molecule has 1 saturated heterocycles. The number of hydrogen-bond acceptors (Lipinski definition) is 3. The fourth-order valence-corrected chi connectivity index (χ4v) is 2.40. The van der Waals surface area contributed by atoms with Crippen molar-refractivity contribution in [3.63, 3.8) is 0 Å². The van der Waals surface area contributed by atoms with Gasteiger partial charge >= 0.3 is 0 Å². The second kappa shape index (κ2) is 6.92. The average Bonchev–Trinajstić information content (AvgIpc) is 2.94. The van der Waals surface area contributed by atoms with Gasteiger partial charge in [0, 0.05) is 24.7 Å². The van der Waals surface area contributed by atoms with Crippen LogP contribution in [0.3, 0.4) is 0 Å². The van der Waals surface area contributed by atoms with Crippen molar-refractivity contribution < 1.29 is 9.59 Å². The van der Waals surface area contributed by atoms with Crippen molar-refractivity contribution in [3.8, 4) is 0 Å². The van der Waals surface area contributed by atoms with Gasteiger partial charge in [0.05, 0.1) is 5.41 Å². The van der Waals surface area contributed by atoms with Gasteiger partial charge in [-0.1, -0.05) is 26.0 Å². The molecule has 3 N–H and O–H groups in total. The monoisotopic (exact) mass is 303 g/mol. The SMILES string of the molecule is CC(C)C(=O)Nc1ccc(CNC(=O)C2(C)CCNC2)cc1. The Bertz CT molecular complexity index is 531. The van der Waals surface area contributed by atoms with E-state index < -0.39 is 0 Å². The van der Waals surface area contributed by atoms with E-state index in [1.54, 1.807) is 0 Å². The first-order chi connectivity index (χ1) is 10.4. The van der Waals surface area contributed by atoms with Crippen molar-refractivity contribution in [3.05, 3.63) is 29.8 Å². The van der Waals surface area contributed by atoms with Gasteiger partial charge in [-0.05, 0) is 37.6 Å². The molecule has 5 heteroatoms. The Kier molecular flexibility index (Phi) is 5.19. The first-order valence-corrected chi connectivity index (χ1v) is 7.79. The highest BCUT2D eigenvalue weighted by Crippen LogP contribution is 2.24. The molecule has 0 spiro atoms. The second-order valence-electron chi connectivity index (χ2n) is 6.51. The summed E-state index contributed by atoms with van der Waals surface area (Å²) in [7, 11) is 0. The molecule has 1 aromatic carbocycles. The minimum absolute atomic E-state index is 0.00251. The van der Waals surface area contributed by atoms with Crippen LogP contribution in [0.5, 0.6) is 0 Å². The molecule has 2 rings (SSSR count). The molecule has 120 valence electrons. The van der Waals surface area contributed by atoms with Gasteiger partial charge < -0.3 is 16.0 Å². The third-order valence-electron chi connectivity index (χ3n) is 4.12. The second-order valence-corrected chi connectivity index (χ2v) is 6.51. The van der Waals surface area contributed by atoms with E-state index in [9.17, 15) is 9.59 Å². The van der Waals surface area contributed by atoms with Crippen LogP contribution in [0, 0.1) is 11.3 Å². The normalized spacial score (nSPS) is 20.9. The molecule has 5 nitrogen and oxygen atoms in total. The Hall–Kier alpha value is -1.88. The summed E-state index contributed by atoms with van der Waals surface area (Å²) in [5.74, 6) is 0.0529. The Morgan fingerprint density at radius 1 is 1.27 bits per heavy atom. The van der Waals surface area contributed by atoms with E-state index in [1.165, 1.54) is 0 Å². The van der Waals surface area contributed by atoms with Crippen molar-refractivity contribution >= 4 is 17.5 Å². The summed E-state index contributed by atoms with van der Waals surface area (Å²) in [6, 6.07) is 7.57. The van der Waals surface area contributed by atoms with Gasteiger partial charge in [0.2, 0.25) is 11.8 Å². The van der Waals surface area contributed by atoms with Crippen LogP contribution in [0.25, 0.3) is 0 Å². The average molecular weight is 303 g/mol. The fourth-order valence-electron chi connectivity index (χ4n) is 2.40. The van der Waals surface area contributed by atoms with E-state index in [4.69, 9.17) is 0 Å². The van der Waals surface area contributed by atoms with Crippen LogP contribution in [0.15, 0.2) is 24.3 Å². The van der Waals surface area contributed by atoms with Gasteiger partial charge in [0.15, 0.2) is 0 Å². The predicted molar refractivity (Wildman–Crippen MR) is 87.4 cm³/mol. The minimum Gasteiger partial charge on any atom is -0.352 e.